The second-order valence-electron chi connectivity index (χ2n) is 4.92. The first kappa shape index (κ1) is 11.6. The average Bonchev–Trinajstić information content (AvgIpc) is 2.85. The highest BCUT2D eigenvalue weighted by molar-refractivity contribution is 5.93. The third-order valence-corrected chi connectivity index (χ3v) is 3.94. The molecule has 1 aromatic carbocycles. The van der Waals surface area contributed by atoms with Crippen molar-refractivity contribution in [3.05, 3.63) is 34.6 Å². The van der Waals surface area contributed by atoms with Crippen LogP contribution in [0.2, 0.25) is 0 Å². The molecule has 2 aliphatic rings. The Bertz CT molecular complexity index is 504. The van der Waals surface area contributed by atoms with Crippen LogP contribution in [0, 0.1) is 5.82 Å². The fourth-order valence-corrected chi connectivity index (χ4v) is 3.14. The van der Waals surface area contributed by atoms with Crippen molar-refractivity contribution in [2.45, 2.75) is 25.3 Å². The lowest BCUT2D eigenvalue weighted by molar-refractivity contribution is 0.0705. The maximum Gasteiger partial charge on any atom is 0.274 e. The highest BCUT2D eigenvalue weighted by Gasteiger charge is 2.33. The van der Waals surface area contributed by atoms with Gasteiger partial charge in [-0.2, -0.15) is 0 Å². The van der Waals surface area contributed by atoms with Crippen LogP contribution in [0.15, 0.2) is 12.1 Å². The number of benzene rings is 1. The van der Waals surface area contributed by atoms with Crippen LogP contribution in [0.3, 0.4) is 0 Å². The third kappa shape index (κ3) is 1.71. The monoisotopic (exact) mass is 250 g/mol. The third-order valence-electron chi connectivity index (χ3n) is 3.94. The molecule has 1 saturated heterocycles. The van der Waals surface area contributed by atoms with Gasteiger partial charge in [-0.1, -0.05) is 0 Å². The van der Waals surface area contributed by atoms with Gasteiger partial charge in [0.05, 0.1) is 0 Å². The van der Waals surface area contributed by atoms with Crippen molar-refractivity contribution in [3.8, 4) is 0 Å². The Kier molecular flexibility index (Phi) is 2.80. The maximum absolute atomic E-state index is 14.2. The molecular formula is C13H15FN2O2. The number of amides is 1. The van der Waals surface area contributed by atoms with Crippen LogP contribution in [-0.4, -0.2) is 29.1 Å². The Balaban J connectivity index is 2.05. The lowest BCUT2D eigenvalue weighted by Crippen LogP contribution is -2.32. The summed E-state index contributed by atoms with van der Waals surface area (Å²) in [7, 11) is 0. The van der Waals surface area contributed by atoms with Crippen LogP contribution < -0.4 is 5.48 Å². The maximum atomic E-state index is 14.2. The summed E-state index contributed by atoms with van der Waals surface area (Å²) in [5.74, 6) is -0.992. The van der Waals surface area contributed by atoms with Gasteiger partial charge in [-0.05, 0) is 43.5 Å². The summed E-state index contributed by atoms with van der Waals surface area (Å²) in [5.41, 5.74) is 3.37. The molecule has 0 spiro atoms. The van der Waals surface area contributed by atoms with E-state index in [1.54, 1.807) is 11.5 Å². The summed E-state index contributed by atoms with van der Waals surface area (Å²) in [4.78, 5) is 13.6. The Morgan fingerprint density at radius 3 is 3.06 bits per heavy atom. The predicted octanol–water partition coefficient (Wildman–Crippen LogP) is 1.64. The lowest BCUT2D eigenvalue weighted by atomic mass is 9.90. The van der Waals surface area contributed by atoms with Crippen LogP contribution in [0.25, 0.3) is 0 Å². The van der Waals surface area contributed by atoms with Crippen LogP contribution in [0.5, 0.6) is 0 Å². The molecule has 1 amide bonds. The van der Waals surface area contributed by atoms with E-state index in [4.69, 9.17) is 5.21 Å². The normalized spacial score (nSPS) is 22.4. The van der Waals surface area contributed by atoms with E-state index in [2.05, 4.69) is 4.90 Å². The van der Waals surface area contributed by atoms with Crippen LogP contribution in [0.1, 0.15) is 40.4 Å². The van der Waals surface area contributed by atoms with Crippen molar-refractivity contribution in [1.29, 1.82) is 0 Å². The summed E-state index contributed by atoms with van der Waals surface area (Å²) < 4.78 is 14.2. The smallest absolute Gasteiger partial charge is 0.274 e. The first-order valence-electron chi connectivity index (χ1n) is 6.21. The van der Waals surface area contributed by atoms with E-state index in [-0.39, 0.29) is 17.4 Å². The van der Waals surface area contributed by atoms with Crippen molar-refractivity contribution in [3.63, 3.8) is 0 Å². The molecule has 3 rings (SSSR count). The molecule has 0 unspecified atom stereocenters. The molecule has 0 aliphatic carbocycles. The standard InChI is InChI=1S/C13H15FN2O2/c14-10-7-9(13(17)15-18)6-8-3-5-16-4-1-2-11(16)12(8)10/h6-7,11,18H,1-5H2,(H,15,17)/t11-/m1/s1. The minimum Gasteiger partial charge on any atom is -0.296 e. The molecule has 0 radical (unpaired) electrons. The Hall–Kier alpha value is -1.46. The first-order valence-corrected chi connectivity index (χ1v) is 6.21. The Morgan fingerprint density at radius 1 is 1.44 bits per heavy atom. The van der Waals surface area contributed by atoms with E-state index in [1.807, 2.05) is 0 Å². The second kappa shape index (κ2) is 4.33. The van der Waals surface area contributed by atoms with Gasteiger partial charge in [0, 0.05) is 23.7 Å². The molecule has 18 heavy (non-hydrogen) atoms. The molecule has 0 saturated carbocycles. The van der Waals surface area contributed by atoms with E-state index >= 15 is 0 Å². The molecule has 4 nitrogen and oxygen atoms in total. The second-order valence-corrected chi connectivity index (χ2v) is 4.92. The summed E-state index contributed by atoms with van der Waals surface area (Å²) in [6, 6.07) is 3.08. The van der Waals surface area contributed by atoms with Crippen molar-refractivity contribution in [2.75, 3.05) is 13.1 Å². The minimum atomic E-state index is -0.662. The zero-order valence-electron chi connectivity index (χ0n) is 9.95. The van der Waals surface area contributed by atoms with Gasteiger partial charge in [0.25, 0.3) is 5.91 Å². The lowest BCUT2D eigenvalue weighted by Gasteiger charge is -2.32. The largest absolute Gasteiger partial charge is 0.296 e. The number of carbonyl (C=O) groups is 1. The van der Waals surface area contributed by atoms with E-state index in [1.165, 1.54) is 6.07 Å². The van der Waals surface area contributed by atoms with Crippen LogP contribution in [0.4, 0.5) is 4.39 Å². The van der Waals surface area contributed by atoms with Gasteiger partial charge in [-0.25, -0.2) is 9.87 Å². The zero-order chi connectivity index (χ0) is 12.7. The molecule has 1 aromatic rings. The van der Waals surface area contributed by atoms with Gasteiger partial charge in [-0.3, -0.25) is 14.9 Å². The van der Waals surface area contributed by atoms with E-state index in [9.17, 15) is 9.18 Å². The van der Waals surface area contributed by atoms with Gasteiger partial charge in [0.15, 0.2) is 0 Å². The predicted molar refractivity (Wildman–Crippen MR) is 62.9 cm³/mol. The quantitative estimate of drug-likeness (QED) is 0.588. The van der Waals surface area contributed by atoms with Crippen LogP contribution >= 0.6 is 0 Å². The molecule has 5 heteroatoms. The fourth-order valence-electron chi connectivity index (χ4n) is 3.14. The number of fused-ring (bicyclic) bond motifs is 3. The highest BCUT2D eigenvalue weighted by atomic mass is 19.1. The van der Waals surface area contributed by atoms with Crippen LogP contribution in [-0.2, 0) is 6.42 Å². The highest BCUT2D eigenvalue weighted by Crippen LogP contribution is 2.39. The molecule has 2 heterocycles. The van der Waals surface area contributed by atoms with E-state index in [0.717, 1.165) is 43.5 Å². The number of halogens is 1. The fraction of sp³-hybridized carbons (Fsp3) is 0.462. The topological polar surface area (TPSA) is 52.6 Å². The number of hydrogen-bond donors (Lipinski definition) is 2. The summed E-state index contributed by atoms with van der Waals surface area (Å²) in [6.07, 6.45) is 2.84. The van der Waals surface area contributed by atoms with E-state index in [0.29, 0.717) is 0 Å². The molecule has 2 aliphatic heterocycles. The van der Waals surface area contributed by atoms with Crippen molar-refractivity contribution in [1.82, 2.24) is 10.4 Å². The molecule has 0 bridgehead atoms. The van der Waals surface area contributed by atoms with Gasteiger partial charge in [-0.15, -0.1) is 0 Å². The number of nitrogens with one attached hydrogen (secondary N) is 1. The minimum absolute atomic E-state index is 0.167. The van der Waals surface area contributed by atoms with Gasteiger partial charge >= 0.3 is 0 Å². The van der Waals surface area contributed by atoms with Gasteiger partial charge in [0.1, 0.15) is 5.82 Å². The van der Waals surface area contributed by atoms with Gasteiger partial charge in [0.2, 0.25) is 0 Å². The zero-order valence-corrected chi connectivity index (χ0v) is 9.95. The number of rotatable bonds is 1. The molecule has 0 aromatic heterocycles. The summed E-state index contributed by atoms with van der Waals surface area (Å²) >= 11 is 0. The van der Waals surface area contributed by atoms with Gasteiger partial charge < -0.3 is 0 Å². The van der Waals surface area contributed by atoms with E-state index < -0.39 is 5.91 Å². The summed E-state index contributed by atoms with van der Waals surface area (Å²) in [5, 5.41) is 8.60. The SMILES string of the molecule is O=C(NO)c1cc(F)c2c(c1)CCN1CCC[C@H]21. The molecule has 96 valence electrons. The number of nitrogens with zero attached hydrogens (tertiary/aromatic N) is 1. The Morgan fingerprint density at radius 2 is 2.28 bits per heavy atom. The number of hydroxylamine groups is 1. The van der Waals surface area contributed by atoms with Crippen molar-refractivity contribution < 1.29 is 14.4 Å². The molecule has 1 atom stereocenters. The van der Waals surface area contributed by atoms with Crippen molar-refractivity contribution >= 4 is 5.91 Å². The average molecular weight is 250 g/mol. The molecule has 1 fully saturated rings. The number of carbonyl (C=O) groups excluding carboxylic acids is 1. The molecule has 2 N–H and O–H groups in total. The summed E-state index contributed by atoms with van der Waals surface area (Å²) in [6.45, 7) is 1.95. The number of hydrogen-bond acceptors (Lipinski definition) is 3. The molecular weight excluding hydrogens is 235 g/mol. The van der Waals surface area contributed by atoms with Crippen molar-refractivity contribution in [2.24, 2.45) is 0 Å². The first-order chi connectivity index (χ1) is 8.70. The Labute approximate surface area is 104 Å².